The third-order valence-electron chi connectivity index (χ3n) is 4.34. The van der Waals surface area contributed by atoms with Gasteiger partial charge in [-0.05, 0) is 44.1 Å². The quantitative estimate of drug-likeness (QED) is 0.235. The first-order valence-electron chi connectivity index (χ1n) is 9.27. The van der Waals surface area contributed by atoms with Crippen molar-refractivity contribution < 1.29 is 14.3 Å². The first-order valence-corrected chi connectivity index (χ1v) is 9.27. The lowest BCUT2D eigenvalue weighted by atomic mass is 10.0. The molecule has 1 aliphatic carbocycles. The predicted molar refractivity (Wildman–Crippen MR) is 98.7 cm³/mol. The van der Waals surface area contributed by atoms with Crippen LogP contribution in [-0.4, -0.2) is 17.9 Å². The lowest BCUT2D eigenvalue weighted by molar-refractivity contribution is -0.148. The van der Waals surface area contributed by atoms with Gasteiger partial charge in [0.15, 0.2) is 5.78 Å². The van der Waals surface area contributed by atoms with Crippen LogP contribution in [0.15, 0.2) is 36.0 Å². The van der Waals surface area contributed by atoms with Crippen molar-refractivity contribution in [1.29, 1.82) is 0 Å². The Morgan fingerprint density at radius 1 is 1.29 bits per heavy atom. The SMILES string of the molecule is C/C=C\CCCC(=O)O[C@@H](C/C=C\CC)C/C=C1/C(=O)CC[C@H]1C. The van der Waals surface area contributed by atoms with Crippen LogP contribution in [0, 0.1) is 5.92 Å². The van der Waals surface area contributed by atoms with E-state index in [-0.39, 0.29) is 17.9 Å². The maximum atomic E-state index is 12.0. The highest BCUT2D eigenvalue weighted by Gasteiger charge is 2.24. The van der Waals surface area contributed by atoms with Crippen LogP contribution in [0.4, 0.5) is 0 Å². The molecule has 24 heavy (non-hydrogen) atoms. The van der Waals surface area contributed by atoms with Gasteiger partial charge in [-0.2, -0.15) is 0 Å². The minimum Gasteiger partial charge on any atom is -0.462 e. The van der Waals surface area contributed by atoms with Crippen LogP contribution < -0.4 is 0 Å². The molecule has 0 bridgehead atoms. The Morgan fingerprint density at radius 3 is 2.71 bits per heavy atom. The summed E-state index contributed by atoms with van der Waals surface area (Å²) in [4.78, 5) is 23.9. The number of carbonyl (C=O) groups excluding carboxylic acids is 2. The second kappa shape index (κ2) is 11.8. The first kappa shape index (κ1) is 20.4. The molecular formula is C21H32O3. The summed E-state index contributed by atoms with van der Waals surface area (Å²) in [6.45, 7) is 6.16. The summed E-state index contributed by atoms with van der Waals surface area (Å²) >= 11 is 0. The number of allylic oxidation sites excluding steroid dienone is 4. The van der Waals surface area contributed by atoms with Gasteiger partial charge in [-0.15, -0.1) is 0 Å². The molecule has 3 heteroatoms. The molecule has 0 unspecified atom stereocenters. The minimum atomic E-state index is -0.171. The van der Waals surface area contributed by atoms with Crippen LogP contribution in [0.25, 0.3) is 0 Å². The number of esters is 1. The average molecular weight is 332 g/mol. The molecule has 0 aromatic rings. The number of hydrogen-bond acceptors (Lipinski definition) is 3. The van der Waals surface area contributed by atoms with Crippen LogP contribution in [0.3, 0.4) is 0 Å². The maximum Gasteiger partial charge on any atom is 0.306 e. The van der Waals surface area contributed by atoms with Gasteiger partial charge in [0.05, 0.1) is 0 Å². The summed E-state index contributed by atoms with van der Waals surface area (Å²) in [5.74, 6) is 0.447. The lowest BCUT2D eigenvalue weighted by Gasteiger charge is -2.15. The number of ketones is 1. The lowest BCUT2D eigenvalue weighted by Crippen LogP contribution is -2.17. The van der Waals surface area contributed by atoms with Crippen LogP contribution in [0.5, 0.6) is 0 Å². The molecule has 0 N–H and O–H groups in total. The van der Waals surface area contributed by atoms with Gasteiger partial charge in [0.2, 0.25) is 0 Å². The Hall–Kier alpha value is -1.64. The second-order valence-corrected chi connectivity index (χ2v) is 6.45. The highest BCUT2D eigenvalue weighted by molar-refractivity contribution is 5.97. The highest BCUT2D eigenvalue weighted by Crippen LogP contribution is 2.28. The molecule has 0 radical (unpaired) electrons. The predicted octanol–water partition coefficient (Wildman–Crippen LogP) is 5.32. The molecule has 0 amide bonds. The molecular weight excluding hydrogens is 300 g/mol. The van der Waals surface area contributed by atoms with Crippen molar-refractivity contribution in [2.24, 2.45) is 5.92 Å². The number of Topliss-reactive ketones (excluding diaryl/α,β-unsaturated/α-hetero) is 1. The molecule has 2 atom stereocenters. The monoisotopic (exact) mass is 332 g/mol. The summed E-state index contributed by atoms with van der Waals surface area (Å²) in [5, 5.41) is 0. The normalized spacial score (nSPS) is 21.2. The van der Waals surface area contributed by atoms with Gasteiger partial charge in [-0.1, -0.05) is 44.2 Å². The van der Waals surface area contributed by atoms with Crippen LogP contribution in [0.2, 0.25) is 0 Å². The van der Waals surface area contributed by atoms with Crippen molar-refractivity contribution >= 4 is 11.8 Å². The topological polar surface area (TPSA) is 43.4 Å². The van der Waals surface area contributed by atoms with Crippen molar-refractivity contribution in [2.75, 3.05) is 0 Å². The van der Waals surface area contributed by atoms with E-state index in [0.717, 1.165) is 31.3 Å². The van der Waals surface area contributed by atoms with Crippen molar-refractivity contribution in [3.05, 3.63) is 36.0 Å². The van der Waals surface area contributed by atoms with E-state index in [1.807, 2.05) is 19.1 Å². The molecule has 0 aromatic heterocycles. The van der Waals surface area contributed by atoms with Crippen molar-refractivity contribution in [3.8, 4) is 0 Å². The molecule has 134 valence electrons. The summed E-state index contributed by atoms with van der Waals surface area (Å²) in [7, 11) is 0. The zero-order valence-electron chi connectivity index (χ0n) is 15.4. The second-order valence-electron chi connectivity index (χ2n) is 6.45. The number of rotatable bonds is 10. The fourth-order valence-corrected chi connectivity index (χ4v) is 2.88. The third-order valence-corrected chi connectivity index (χ3v) is 4.34. The molecule has 3 nitrogen and oxygen atoms in total. The Morgan fingerprint density at radius 2 is 2.08 bits per heavy atom. The molecule has 0 saturated heterocycles. The van der Waals surface area contributed by atoms with Crippen LogP contribution in [-0.2, 0) is 14.3 Å². The van der Waals surface area contributed by atoms with Crippen molar-refractivity contribution in [2.45, 2.75) is 78.2 Å². The van der Waals surface area contributed by atoms with E-state index >= 15 is 0 Å². The average Bonchev–Trinajstić information content (AvgIpc) is 2.88. The number of ether oxygens (including phenoxy) is 1. The summed E-state index contributed by atoms with van der Waals surface area (Å²) < 4.78 is 5.64. The molecule has 1 fully saturated rings. The van der Waals surface area contributed by atoms with Gasteiger partial charge in [-0.25, -0.2) is 0 Å². The van der Waals surface area contributed by atoms with E-state index < -0.39 is 0 Å². The molecule has 0 aliphatic heterocycles. The Balaban J connectivity index is 2.56. The molecule has 1 rings (SSSR count). The zero-order valence-corrected chi connectivity index (χ0v) is 15.4. The van der Waals surface area contributed by atoms with Crippen molar-refractivity contribution in [1.82, 2.24) is 0 Å². The van der Waals surface area contributed by atoms with E-state index in [1.165, 1.54) is 0 Å². The fourth-order valence-electron chi connectivity index (χ4n) is 2.88. The summed E-state index contributed by atoms with van der Waals surface area (Å²) in [6.07, 6.45) is 16.1. The standard InChI is InChI=1S/C21H32O3/c1-4-6-8-10-12-21(23)24-18(11-9-7-5-2)14-15-19-17(3)13-16-20(19)22/h4,6-7,9,15,17-18H,5,8,10-14,16H2,1-3H3/b6-4-,9-7-,19-15+/t17-,18+/m1/s1. The number of unbranched alkanes of at least 4 members (excludes halogenated alkanes) is 1. The van der Waals surface area contributed by atoms with E-state index in [2.05, 4.69) is 32.1 Å². The van der Waals surface area contributed by atoms with Crippen LogP contribution in [0.1, 0.15) is 72.1 Å². The molecule has 1 saturated carbocycles. The minimum absolute atomic E-state index is 0.140. The van der Waals surface area contributed by atoms with E-state index in [9.17, 15) is 9.59 Å². The van der Waals surface area contributed by atoms with Crippen molar-refractivity contribution in [3.63, 3.8) is 0 Å². The Bertz CT molecular complexity index is 485. The first-order chi connectivity index (χ1) is 11.6. The van der Waals surface area contributed by atoms with E-state index in [0.29, 0.717) is 31.6 Å². The van der Waals surface area contributed by atoms with Crippen LogP contribution >= 0.6 is 0 Å². The van der Waals surface area contributed by atoms with Gasteiger partial charge < -0.3 is 4.74 Å². The molecule has 0 heterocycles. The molecule has 0 spiro atoms. The Labute approximate surface area is 146 Å². The summed E-state index contributed by atoms with van der Waals surface area (Å²) in [5.41, 5.74) is 0.920. The van der Waals surface area contributed by atoms with Gasteiger partial charge in [0.25, 0.3) is 0 Å². The van der Waals surface area contributed by atoms with Gasteiger partial charge in [0.1, 0.15) is 6.10 Å². The smallest absolute Gasteiger partial charge is 0.306 e. The third kappa shape index (κ3) is 7.76. The highest BCUT2D eigenvalue weighted by atomic mass is 16.5. The molecule has 1 aliphatic rings. The zero-order chi connectivity index (χ0) is 17.8. The summed E-state index contributed by atoms with van der Waals surface area (Å²) in [6, 6.07) is 0. The van der Waals surface area contributed by atoms with Gasteiger partial charge in [0, 0.05) is 25.7 Å². The Kier molecular flexibility index (Phi) is 10.1. The van der Waals surface area contributed by atoms with Gasteiger partial charge in [-0.3, -0.25) is 9.59 Å². The molecule has 0 aromatic carbocycles. The van der Waals surface area contributed by atoms with Gasteiger partial charge >= 0.3 is 5.97 Å². The fraction of sp³-hybridized carbons (Fsp3) is 0.619. The van der Waals surface area contributed by atoms with E-state index in [1.54, 1.807) is 0 Å². The van der Waals surface area contributed by atoms with E-state index in [4.69, 9.17) is 4.74 Å². The number of carbonyl (C=O) groups is 2. The maximum absolute atomic E-state index is 12.0. The number of hydrogen-bond donors (Lipinski definition) is 0. The largest absolute Gasteiger partial charge is 0.462 e.